The lowest BCUT2D eigenvalue weighted by molar-refractivity contribution is -0.384. The second-order valence-corrected chi connectivity index (χ2v) is 4.41. The fourth-order valence-electron chi connectivity index (χ4n) is 2.05. The molecule has 0 aliphatic carbocycles. The summed E-state index contributed by atoms with van der Waals surface area (Å²) in [5.74, 6) is 0.0346. The Balaban J connectivity index is 2.18. The number of piperidine rings is 1. The van der Waals surface area contributed by atoms with Gasteiger partial charge in [0.2, 0.25) is 5.91 Å². The zero-order chi connectivity index (χ0) is 13.1. The molecule has 1 aliphatic heterocycles. The van der Waals surface area contributed by atoms with Gasteiger partial charge in [0.25, 0.3) is 5.69 Å². The van der Waals surface area contributed by atoms with Gasteiger partial charge in [-0.15, -0.1) is 0 Å². The van der Waals surface area contributed by atoms with E-state index >= 15 is 0 Å². The molecule has 1 amide bonds. The molecule has 0 radical (unpaired) electrons. The molecular formula is C12H15N3O3. The van der Waals surface area contributed by atoms with Crippen molar-refractivity contribution in [2.24, 2.45) is 0 Å². The number of hydrogen-bond donors (Lipinski definition) is 2. The maximum Gasteiger partial charge on any atom is 0.292 e. The SMILES string of the molecule is Cc1cccc([N+](=O)[O-])c1NC1CCC(=O)NC1. The van der Waals surface area contributed by atoms with Gasteiger partial charge >= 0.3 is 0 Å². The molecule has 6 heteroatoms. The van der Waals surface area contributed by atoms with Crippen LogP contribution in [0, 0.1) is 17.0 Å². The van der Waals surface area contributed by atoms with E-state index in [0.717, 1.165) is 5.56 Å². The molecule has 96 valence electrons. The topological polar surface area (TPSA) is 84.3 Å². The predicted molar refractivity (Wildman–Crippen MR) is 67.5 cm³/mol. The summed E-state index contributed by atoms with van der Waals surface area (Å²) in [6, 6.07) is 5.02. The molecule has 0 aromatic heterocycles. The molecule has 1 aliphatic rings. The Morgan fingerprint density at radius 2 is 2.28 bits per heavy atom. The Morgan fingerprint density at radius 3 is 2.89 bits per heavy atom. The molecule has 6 nitrogen and oxygen atoms in total. The van der Waals surface area contributed by atoms with Gasteiger partial charge in [-0.3, -0.25) is 14.9 Å². The van der Waals surface area contributed by atoms with Gasteiger partial charge in [0.05, 0.1) is 4.92 Å². The van der Waals surface area contributed by atoms with Crippen molar-refractivity contribution in [3.05, 3.63) is 33.9 Å². The predicted octanol–water partition coefficient (Wildman–Crippen LogP) is 1.59. The van der Waals surface area contributed by atoms with Crippen molar-refractivity contribution in [3.63, 3.8) is 0 Å². The molecule has 18 heavy (non-hydrogen) atoms. The molecule has 1 aromatic rings. The number of rotatable bonds is 3. The van der Waals surface area contributed by atoms with Crippen LogP contribution in [-0.4, -0.2) is 23.4 Å². The lowest BCUT2D eigenvalue weighted by Gasteiger charge is -2.25. The molecule has 1 saturated heterocycles. The first-order valence-corrected chi connectivity index (χ1v) is 5.85. The molecule has 1 aromatic carbocycles. The third-order valence-electron chi connectivity index (χ3n) is 3.06. The summed E-state index contributed by atoms with van der Waals surface area (Å²) in [6.07, 6.45) is 1.15. The number of nitro groups is 1. The number of nitrogens with zero attached hydrogens (tertiary/aromatic N) is 1. The number of hydrogen-bond acceptors (Lipinski definition) is 4. The summed E-state index contributed by atoms with van der Waals surface area (Å²) >= 11 is 0. The van der Waals surface area contributed by atoms with Crippen molar-refractivity contribution in [1.29, 1.82) is 0 Å². The van der Waals surface area contributed by atoms with E-state index < -0.39 is 4.92 Å². The Morgan fingerprint density at radius 1 is 1.50 bits per heavy atom. The van der Waals surface area contributed by atoms with Gasteiger partial charge in [-0.1, -0.05) is 12.1 Å². The third kappa shape index (κ3) is 2.58. The van der Waals surface area contributed by atoms with Crippen molar-refractivity contribution in [2.75, 3.05) is 11.9 Å². The van der Waals surface area contributed by atoms with Crippen molar-refractivity contribution in [2.45, 2.75) is 25.8 Å². The van der Waals surface area contributed by atoms with E-state index in [0.29, 0.717) is 25.1 Å². The van der Waals surface area contributed by atoms with Crippen LogP contribution in [0.15, 0.2) is 18.2 Å². The number of carbonyl (C=O) groups excluding carboxylic acids is 1. The summed E-state index contributed by atoms with van der Waals surface area (Å²) in [7, 11) is 0. The number of amides is 1. The van der Waals surface area contributed by atoms with Gasteiger partial charge in [-0.2, -0.15) is 0 Å². The highest BCUT2D eigenvalue weighted by Crippen LogP contribution is 2.28. The van der Waals surface area contributed by atoms with E-state index in [1.165, 1.54) is 6.07 Å². The Hall–Kier alpha value is -2.11. The molecule has 1 fully saturated rings. The van der Waals surface area contributed by atoms with Crippen LogP contribution in [0.1, 0.15) is 18.4 Å². The van der Waals surface area contributed by atoms with Crippen LogP contribution in [0.3, 0.4) is 0 Å². The van der Waals surface area contributed by atoms with Crippen LogP contribution in [0.4, 0.5) is 11.4 Å². The second-order valence-electron chi connectivity index (χ2n) is 4.41. The molecule has 1 unspecified atom stereocenters. The lowest BCUT2D eigenvalue weighted by atomic mass is 10.1. The van der Waals surface area contributed by atoms with Gasteiger partial charge in [-0.05, 0) is 18.9 Å². The van der Waals surface area contributed by atoms with E-state index in [4.69, 9.17) is 0 Å². The second kappa shape index (κ2) is 5.03. The number of nitrogens with one attached hydrogen (secondary N) is 2. The van der Waals surface area contributed by atoms with Crippen LogP contribution in [0.5, 0.6) is 0 Å². The monoisotopic (exact) mass is 249 g/mol. The minimum absolute atomic E-state index is 0.0346. The smallest absolute Gasteiger partial charge is 0.292 e. The number of anilines is 1. The number of para-hydroxylation sites is 1. The standard InChI is InChI=1S/C12H15N3O3/c1-8-3-2-4-10(15(17)18)12(8)14-9-5-6-11(16)13-7-9/h2-4,9,14H,5-7H2,1H3,(H,13,16). The summed E-state index contributed by atoms with van der Waals surface area (Å²) in [5.41, 5.74) is 1.46. The van der Waals surface area contributed by atoms with E-state index in [1.807, 2.05) is 13.0 Å². The van der Waals surface area contributed by atoms with E-state index in [-0.39, 0.29) is 17.6 Å². The minimum atomic E-state index is -0.392. The van der Waals surface area contributed by atoms with Crippen LogP contribution in [0.2, 0.25) is 0 Å². The number of nitro benzene ring substituents is 1. The Bertz CT molecular complexity index is 477. The van der Waals surface area contributed by atoms with Crippen molar-refractivity contribution < 1.29 is 9.72 Å². The zero-order valence-electron chi connectivity index (χ0n) is 10.1. The van der Waals surface area contributed by atoms with Gasteiger partial charge in [0.15, 0.2) is 0 Å². The van der Waals surface area contributed by atoms with E-state index in [1.54, 1.807) is 6.07 Å². The molecule has 0 saturated carbocycles. The highest BCUT2D eigenvalue weighted by atomic mass is 16.6. The molecule has 2 rings (SSSR count). The molecule has 2 N–H and O–H groups in total. The summed E-state index contributed by atoms with van der Waals surface area (Å²) in [5, 5.41) is 16.9. The number of aryl methyl sites for hydroxylation is 1. The fourth-order valence-corrected chi connectivity index (χ4v) is 2.05. The molecule has 0 bridgehead atoms. The van der Waals surface area contributed by atoms with Crippen LogP contribution in [-0.2, 0) is 4.79 Å². The highest BCUT2D eigenvalue weighted by Gasteiger charge is 2.22. The first-order valence-electron chi connectivity index (χ1n) is 5.85. The van der Waals surface area contributed by atoms with Crippen molar-refractivity contribution in [1.82, 2.24) is 5.32 Å². The Labute approximate surface area is 105 Å². The summed E-state index contributed by atoms with van der Waals surface area (Å²) in [4.78, 5) is 21.6. The first-order chi connectivity index (χ1) is 8.58. The fraction of sp³-hybridized carbons (Fsp3) is 0.417. The average Bonchev–Trinajstić information content (AvgIpc) is 2.34. The maximum absolute atomic E-state index is 11.1. The third-order valence-corrected chi connectivity index (χ3v) is 3.06. The van der Waals surface area contributed by atoms with Gasteiger partial charge < -0.3 is 10.6 Å². The van der Waals surface area contributed by atoms with E-state index in [9.17, 15) is 14.9 Å². The van der Waals surface area contributed by atoms with E-state index in [2.05, 4.69) is 10.6 Å². The lowest BCUT2D eigenvalue weighted by Crippen LogP contribution is -2.42. The van der Waals surface area contributed by atoms with Crippen LogP contribution < -0.4 is 10.6 Å². The largest absolute Gasteiger partial charge is 0.375 e. The molecule has 1 heterocycles. The first kappa shape index (κ1) is 12.3. The molecule has 0 spiro atoms. The zero-order valence-corrected chi connectivity index (χ0v) is 10.1. The van der Waals surface area contributed by atoms with Crippen molar-refractivity contribution in [3.8, 4) is 0 Å². The summed E-state index contributed by atoms with van der Waals surface area (Å²) in [6.45, 7) is 2.33. The number of carbonyl (C=O) groups is 1. The van der Waals surface area contributed by atoms with Crippen LogP contribution in [0.25, 0.3) is 0 Å². The molecule has 1 atom stereocenters. The number of benzene rings is 1. The van der Waals surface area contributed by atoms with Gasteiger partial charge in [0.1, 0.15) is 5.69 Å². The van der Waals surface area contributed by atoms with Gasteiger partial charge in [-0.25, -0.2) is 0 Å². The Kier molecular flexibility index (Phi) is 3.45. The quantitative estimate of drug-likeness (QED) is 0.629. The average molecular weight is 249 g/mol. The van der Waals surface area contributed by atoms with Crippen molar-refractivity contribution >= 4 is 17.3 Å². The summed E-state index contributed by atoms with van der Waals surface area (Å²) < 4.78 is 0. The molecular weight excluding hydrogens is 234 g/mol. The van der Waals surface area contributed by atoms with Crippen LogP contribution >= 0.6 is 0 Å². The van der Waals surface area contributed by atoms with Gasteiger partial charge in [0, 0.05) is 25.1 Å². The maximum atomic E-state index is 11.1. The normalized spacial score (nSPS) is 19.2. The minimum Gasteiger partial charge on any atom is -0.375 e. The highest BCUT2D eigenvalue weighted by molar-refractivity contribution is 5.77.